The van der Waals surface area contributed by atoms with Crippen LogP contribution in [0.4, 0.5) is 5.69 Å². The number of nitrogen functional groups attached to an aromatic ring is 1. The van der Waals surface area contributed by atoms with Crippen LogP contribution in [0.25, 0.3) is 0 Å². The van der Waals surface area contributed by atoms with E-state index in [0.717, 1.165) is 31.2 Å². The topological polar surface area (TPSA) is 81.8 Å². The summed E-state index contributed by atoms with van der Waals surface area (Å²) in [5, 5.41) is 10.9. The molecule has 0 bridgehead atoms. The Morgan fingerprint density at radius 1 is 0.952 bits per heavy atom. The average molecular weight is 618 g/mol. The van der Waals surface area contributed by atoms with Gasteiger partial charge < -0.3 is 19.7 Å². The van der Waals surface area contributed by atoms with Crippen molar-refractivity contribution in [3.05, 3.63) is 29.8 Å². The van der Waals surface area contributed by atoms with Crippen LogP contribution < -0.4 is 5.73 Å². The Hall–Kier alpha value is -0.996. The van der Waals surface area contributed by atoms with E-state index in [9.17, 15) is 9.90 Å². The smallest absolute Gasteiger partial charge is 0.192 e. The fourth-order valence-electron chi connectivity index (χ4n) is 7.62. The van der Waals surface area contributed by atoms with Crippen LogP contribution in [-0.2, 0) is 20.1 Å². The Bertz CT molecular complexity index is 1120. The zero-order valence-corrected chi connectivity index (χ0v) is 31.2. The van der Waals surface area contributed by atoms with Crippen LogP contribution in [0.15, 0.2) is 24.3 Å². The minimum Gasteiger partial charge on any atom is -0.416 e. The second kappa shape index (κ2) is 11.7. The van der Waals surface area contributed by atoms with Crippen molar-refractivity contribution in [1.82, 2.24) is 0 Å². The van der Waals surface area contributed by atoms with Crippen LogP contribution in [-0.4, -0.2) is 46.8 Å². The lowest BCUT2D eigenvalue weighted by Crippen LogP contribution is -2.67. The zero-order chi connectivity index (χ0) is 32.2. The van der Waals surface area contributed by atoms with Crippen molar-refractivity contribution >= 4 is 28.1 Å². The van der Waals surface area contributed by atoms with E-state index in [-0.39, 0.29) is 51.2 Å². The van der Waals surface area contributed by atoms with E-state index in [1.54, 1.807) is 0 Å². The number of para-hydroxylation sites is 1. The predicted molar refractivity (Wildman–Crippen MR) is 182 cm³/mol. The maximum Gasteiger partial charge on any atom is 0.192 e. The molecule has 2 fully saturated rings. The molecule has 0 radical (unpaired) electrons. The molecule has 0 aliphatic heterocycles. The number of anilines is 1. The third-order valence-electron chi connectivity index (χ3n) is 13.0. The molecule has 3 rings (SSSR count). The summed E-state index contributed by atoms with van der Waals surface area (Å²) in [5.41, 5.74) is 6.60. The van der Waals surface area contributed by atoms with E-state index in [4.69, 9.17) is 14.6 Å². The molecule has 240 valence electrons. The van der Waals surface area contributed by atoms with Gasteiger partial charge in [0.2, 0.25) is 0 Å². The van der Waals surface area contributed by atoms with Crippen molar-refractivity contribution in [3.63, 3.8) is 0 Å². The quantitative estimate of drug-likeness (QED) is 0.214. The van der Waals surface area contributed by atoms with E-state index in [1.165, 1.54) is 0 Å². The summed E-state index contributed by atoms with van der Waals surface area (Å²) in [4.78, 5) is 14.6. The fourth-order valence-corrected chi connectivity index (χ4v) is 10.2. The normalized spacial score (nSPS) is 32.9. The zero-order valence-electron chi connectivity index (χ0n) is 29.2. The molecule has 0 amide bonds. The van der Waals surface area contributed by atoms with E-state index in [1.807, 2.05) is 24.3 Å². The van der Waals surface area contributed by atoms with Gasteiger partial charge in [-0.1, -0.05) is 80.5 Å². The van der Waals surface area contributed by atoms with Crippen LogP contribution in [0, 0.1) is 28.1 Å². The summed E-state index contributed by atoms with van der Waals surface area (Å²) in [6.45, 7) is 30.8. The molecule has 2 saturated carbocycles. The van der Waals surface area contributed by atoms with Crippen molar-refractivity contribution in [2.24, 2.45) is 28.1 Å². The van der Waals surface area contributed by atoms with Gasteiger partial charge in [-0.15, -0.1) is 0 Å². The van der Waals surface area contributed by atoms with Crippen LogP contribution in [0.5, 0.6) is 0 Å². The molecule has 3 N–H and O–H groups in total. The lowest BCUT2D eigenvalue weighted by molar-refractivity contribution is -0.204. The molecule has 0 heterocycles. The molecule has 0 saturated heterocycles. The Morgan fingerprint density at radius 3 is 2.05 bits per heavy atom. The van der Waals surface area contributed by atoms with Crippen molar-refractivity contribution < 1.29 is 18.8 Å². The standard InChI is InChI=1S/C35H63NO4Si2/c1-31(2,3)41(10,11)39-24-33(7)28-19-18-26(23-37)35(9,29(38)22-25-16-14-15-17-27(25)36)34(28,8)21-20-30(33)40-42(12,13)32(4,5)6/h14-17,26,28,30,37H,18-24,36H2,1-13H3/t26-,28-,30-,33-,34-,35+/m0/s1. The Labute approximate surface area is 260 Å². The second-order valence-electron chi connectivity index (χ2n) is 17.4. The molecule has 6 atom stereocenters. The highest BCUT2D eigenvalue weighted by Gasteiger charge is 2.67. The molecule has 1 aromatic carbocycles. The van der Waals surface area contributed by atoms with Gasteiger partial charge in [-0.25, -0.2) is 0 Å². The number of carbonyl (C=O) groups excluding carboxylic acids is 1. The molecule has 0 unspecified atom stereocenters. The number of fused-ring (bicyclic) bond motifs is 1. The summed E-state index contributed by atoms with van der Waals surface area (Å²) >= 11 is 0. The van der Waals surface area contributed by atoms with Crippen LogP contribution in [0.1, 0.15) is 93.6 Å². The first-order chi connectivity index (χ1) is 19.0. The van der Waals surface area contributed by atoms with Crippen LogP contribution in [0.2, 0.25) is 36.3 Å². The third-order valence-corrected chi connectivity index (χ3v) is 22.0. The van der Waals surface area contributed by atoms with E-state index < -0.39 is 22.0 Å². The molecule has 2 aliphatic rings. The summed E-state index contributed by atoms with van der Waals surface area (Å²) in [6, 6.07) is 7.71. The highest BCUT2D eigenvalue weighted by atomic mass is 28.4. The van der Waals surface area contributed by atoms with Gasteiger partial charge in [-0.2, -0.15) is 0 Å². The summed E-state index contributed by atoms with van der Waals surface area (Å²) < 4.78 is 14.4. The van der Waals surface area contributed by atoms with Gasteiger partial charge in [0.1, 0.15) is 5.78 Å². The first kappa shape index (κ1) is 35.5. The van der Waals surface area contributed by atoms with Gasteiger partial charge in [0.25, 0.3) is 0 Å². The number of nitrogens with two attached hydrogens (primary N) is 1. The van der Waals surface area contributed by atoms with E-state index in [0.29, 0.717) is 18.7 Å². The number of ketones is 1. The van der Waals surface area contributed by atoms with Gasteiger partial charge in [0, 0.05) is 36.2 Å². The maximum atomic E-state index is 14.6. The van der Waals surface area contributed by atoms with Crippen molar-refractivity contribution in [3.8, 4) is 0 Å². The molecule has 1 aromatic rings. The molecular weight excluding hydrogens is 555 g/mol. The summed E-state index contributed by atoms with van der Waals surface area (Å²) in [6.07, 6.45) is 3.94. The first-order valence-electron chi connectivity index (χ1n) is 16.3. The molecule has 7 heteroatoms. The minimum absolute atomic E-state index is 0.0237. The average Bonchev–Trinajstić information content (AvgIpc) is 2.86. The lowest BCUT2D eigenvalue weighted by atomic mass is 9.39. The van der Waals surface area contributed by atoms with Gasteiger partial charge in [0.05, 0.1) is 6.10 Å². The third kappa shape index (κ3) is 6.11. The molecule has 0 aromatic heterocycles. The number of Topliss-reactive ketones (excluding diaryl/α,β-unsaturated/α-hetero) is 1. The first-order valence-corrected chi connectivity index (χ1v) is 22.1. The highest BCUT2D eigenvalue weighted by Crippen LogP contribution is 2.67. The Morgan fingerprint density at radius 2 is 1.52 bits per heavy atom. The number of aliphatic hydroxyl groups excluding tert-OH is 1. The van der Waals surface area contributed by atoms with Crippen molar-refractivity contribution in [2.45, 2.75) is 137 Å². The monoisotopic (exact) mass is 617 g/mol. The largest absolute Gasteiger partial charge is 0.416 e. The Balaban J connectivity index is 2.12. The van der Waals surface area contributed by atoms with Crippen molar-refractivity contribution in [1.29, 1.82) is 0 Å². The molecule has 42 heavy (non-hydrogen) atoms. The number of hydrogen-bond acceptors (Lipinski definition) is 5. The lowest BCUT2D eigenvalue weighted by Gasteiger charge is -2.66. The number of carbonyl (C=O) groups is 1. The van der Waals surface area contributed by atoms with Gasteiger partial charge in [0.15, 0.2) is 16.6 Å². The fraction of sp³-hybridized carbons (Fsp3) is 0.800. The molecule has 5 nitrogen and oxygen atoms in total. The summed E-state index contributed by atoms with van der Waals surface area (Å²) in [7, 11) is -4.12. The van der Waals surface area contributed by atoms with Gasteiger partial charge in [-0.3, -0.25) is 4.79 Å². The molecular formula is C35H63NO4Si2. The number of aliphatic hydroxyl groups is 1. The maximum absolute atomic E-state index is 14.6. The van der Waals surface area contributed by atoms with Crippen molar-refractivity contribution in [2.75, 3.05) is 18.9 Å². The minimum atomic E-state index is -2.07. The number of benzene rings is 1. The van der Waals surface area contributed by atoms with Gasteiger partial charge in [-0.05, 0) is 90.8 Å². The Kier molecular flexibility index (Phi) is 9.92. The SMILES string of the molecule is CC(C)(C)[Si](C)(C)OC[C@]1(C)[C@@H](O[Si](C)(C)C(C)(C)C)CC[C@@]2(C)[C@H]1CC[C@@H](CO)[C@]2(C)C(=O)Cc1ccccc1N. The van der Waals surface area contributed by atoms with Crippen LogP contribution in [0.3, 0.4) is 0 Å². The molecule has 0 spiro atoms. The molecule has 2 aliphatic carbocycles. The second-order valence-corrected chi connectivity index (χ2v) is 27.0. The highest BCUT2D eigenvalue weighted by molar-refractivity contribution is 6.74. The van der Waals surface area contributed by atoms with E-state index in [2.05, 4.69) is 88.5 Å². The van der Waals surface area contributed by atoms with Gasteiger partial charge >= 0.3 is 0 Å². The number of rotatable bonds is 9. The predicted octanol–water partition coefficient (Wildman–Crippen LogP) is 8.62. The summed E-state index contributed by atoms with van der Waals surface area (Å²) in [5.74, 6) is 0.339. The number of hydrogen-bond donors (Lipinski definition) is 2. The van der Waals surface area contributed by atoms with Crippen LogP contribution >= 0.6 is 0 Å². The van der Waals surface area contributed by atoms with E-state index >= 15 is 0 Å².